The third-order valence-corrected chi connectivity index (χ3v) is 7.20. The molecule has 3 amide bonds. The second-order valence-corrected chi connectivity index (χ2v) is 13.9. The Morgan fingerprint density at radius 2 is 1.27 bits per heavy atom. The molecule has 0 spiro atoms. The van der Waals surface area contributed by atoms with Gasteiger partial charge in [0.1, 0.15) is 18.1 Å². The van der Waals surface area contributed by atoms with Crippen molar-refractivity contribution >= 4 is 41.0 Å². The molecule has 52 heavy (non-hydrogen) atoms. The lowest BCUT2D eigenvalue weighted by molar-refractivity contribution is -0.403. The van der Waals surface area contributed by atoms with Crippen LogP contribution in [0.25, 0.3) is 0 Å². The van der Waals surface area contributed by atoms with Crippen molar-refractivity contribution in [3.8, 4) is 11.8 Å². The molecule has 15 nitrogen and oxygen atoms in total. The maximum absolute atomic E-state index is 13.2. The standard InChI is InChI=1S/C37H48N6O9/c1-23(2)19-30(34(46)42-29(36(49)50)10-8-7-9-28(35(47)48)40-33(45)21-37(4,5)6)41-32(44)20-25-13-17-27(18-14-25)39-31(22-43(51)52)38-26-15-11-24(3)12-16-26/h11-18,22-23,28-30,38-39H,9-10,19-21H2,1-6H3,(H,40,45)(H,41,44)(H,42,46)(H,47,48)(H,49,50). The van der Waals surface area contributed by atoms with Crippen molar-refractivity contribution in [2.24, 2.45) is 11.3 Å². The summed E-state index contributed by atoms with van der Waals surface area (Å²) in [5.74, 6) is 0.917. The first kappa shape index (κ1) is 42.3. The zero-order chi connectivity index (χ0) is 39.0. The van der Waals surface area contributed by atoms with Gasteiger partial charge in [0.05, 0.1) is 11.3 Å². The zero-order valence-electron chi connectivity index (χ0n) is 30.2. The topological polar surface area (TPSA) is 229 Å². The largest absolute Gasteiger partial charge is 0.480 e. The summed E-state index contributed by atoms with van der Waals surface area (Å²) in [5, 5.41) is 43.8. The Hall–Kier alpha value is -5.91. The molecule has 0 saturated heterocycles. The fraction of sp³-hybridized carbons (Fsp3) is 0.432. The Kier molecular flexibility index (Phi) is 16.3. The van der Waals surface area contributed by atoms with Crippen molar-refractivity contribution in [1.29, 1.82) is 0 Å². The normalized spacial score (nSPS) is 13.0. The number of carbonyl (C=O) groups excluding carboxylic acids is 3. The van der Waals surface area contributed by atoms with E-state index >= 15 is 0 Å². The van der Waals surface area contributed by atoms with Gasteiger partial charge in [0.2, 0.25) is 17.7 Å². The lowest BCUT2D eigenvalue weighted by Gasteiger charge is -2.22. The van der Waals surface area contributed by atoms with Gasteiger partial charge in [-0.2, -0.15) is 0 Å². The number of amides is 3. The Morgan fingerprint density at radius 1 is 0.788 bits per heavy atom. The Bertz CT molecular complexity index is 1670. The summed E-state index contributed by atoms with van der Waals surface area (Å²) < 4.78 is 0. The van der Waals surface area contributed by atoms with Crippen LogP contribution in [0.4, 0.5) is 11.4 Å². The molecular formula is C37H48N6O9. The molecule has 0 heterocycles. The number of carboxylic acids is 2. The van der Waals surface area contributed by atoms with Gasteiger partial charge in [0, 0.05) is 30.6 Å². The molecule has 2 rings (SSSR count). The van der Waals surface area contributed by atoms with E-state index in [2.05, 4.69) is 38.4 Å². The SMILES string of the molecule is Cc1ccc(NC(=C[N+](=O)[O-])Nc2ccc(CC(=O)NC(CC(C)C)C(=O)NC(CC#CCC(NC(=O)CC(C)(C)C)C(=O)O)C(=O)O)cc2)cc1. The van der Waals surface area contributed by atoms with Gasteiger partial charge in [-0.25, -0.2) is 9.59 Å². The molecule has 0 aromatic heterocycles. The summed E-state index contributed by atoms with van der Waals surface area (Å²) in [4.78, 5) is 72.5. The molecule has 0 radical (unpaired) electrons. The van der Waals surface area contributed by atoms with E-state index in [1.165, 1.54) is 0 Å². The first-order chi connectivity index (χ1) is 24.3. The quantitative estimate of drug-likeness (QED) is 0.0661. The molecule has 0 saturated carbocycles. The summed E-state index contributed by atoms with van der Waals surface area (Å²) in [6.45, 7) is 11.1. The van der Waals surface area contributed by atoms with Crippen LogP contribution in [0.2, 0.25) is 0 Å². The average molecular weight is 721 g/mol. The number of nitro groups is 1. The molecule has 15 heteroatoms. The van der Waals surface area contributed by atoms with Crippen molar-refractivity contribution < 1.29 is 39.1 Å². The lowest BCUT2D eigenvalue weighted by atomic mass is 9.92. The van der Waals surface area contributed by atoms with Crippen LogP contribution in [0.15, 0.2) is 60.6 Å². The maximum atomic E-state index is 13.2. The number of anilines is 2. The third-order valence-electron chi connectivity index (χ3n) is 7.20. The molecule has 2 aromatic carbocycles. The number of hydrogen-bond donors (Lipinski definition) is 7. The second kappa shape index (κ2) is 20.1. The van der Waals surface area contributed by atoms with Crippen LogP contribution < -0.4 is 26.6 Å². The van der Waals surface area contributed by atoms with E-state index in [1.807, 2.05) is 53.7 Å². The molecule has 7 N–H and O–H groups in total. The number of carbonyl (C=O) groups is 5. The minimum atomic E-state index is -1.44. The highest BCUT2D eigenvalue weighted by Gasteiger charge is 2.27. The first-order valence-corrected chi connectivity index (χ1v) is 16.7. The Balaban J connectivity index is 2.03. The van der Waals surface area contributed by atoms with Crippen LogP contribution in [0, 0.1) is 40.2 Å². The number of nitrogens with zero attached hydrogens (tertiary/aromatic N) is 1. The van der Waals surface area contributed by atoms with E-state index in [1.54, 1.807) is 36.4 Å². The highest BCUT2D eigenvalue weighted by atomic mass is 16.6. The van der Waals surface area contributed by atoms with Crippen LogP contribution >= 0.6 is 0 Å². The molecule has 3 unspecified atom stereocenters. The second-order valence-electron chi connectivity index (χ2n) is 13.9. The summed E-state index contributed by atoms with van der Waals surface area (Å²) in [7, 11) is 0. The average Bonchev–Trinajstić information content (AvgIpc) is 3.01. The van der Waals surface area contributed by atoms with E-state index in [4.69, 9.17) is 0 Å². The van der Waals surface area contributed by atoms with Gasteiger partial charge in [-0.1, -0.05) is 64.4 Å². The Labute approximate surface area is 303 Å². The van der Waals surface area contributed by atoms with Gasteiger partial charge >= 0.3 is 11.9 Å². The van der Waals surface area contributed by atoms with Crippen LogP contribution in [-0.4, -0.2) is 62.9 Å². The molecular weight excluding hydrogens is 672 g/mol. The summed E-state index contributed by atoms with van der Waals surface area (Å²) in [5.41, 5.74) is 2.43. The number of rotatable bonds is 18. The minimum absolute atomic E-state index is 0.0409. The lowest BCUT2D eigenvalue weighted by Crippen LogP contribution is -2.52. The number of aliphatic carboxylic acids is 2. The van der Waals surface area contributed by atoms with Gasteiger partial charge in [0.25, 0.3) is 6.20 Å². The van der Waals surface area contributed by atoms with E-state index in [9.17, 15) is 44.3 Å². The zero-order valence-corrected chi connectivity index (χ0v) is 30.2. The summed E-state index contributed by atoms with van der Waals surface area (Å²) >= 11 is 0. The van der Waals surface area contributed by atoms with Gasteiger partial charge < -0.3 is 36.8 Å². The van der Waals surface area contributed by atoms with Gasteiger partial charge in [0.15, 0.2) is 5.82 Å². The van der Waals surface area contributed by atoms with E-state index in [-0.39, 0.29) is 49.3 Å². The number of carboxylic acid groups (broad SMARTS) is 2. The molecule has 3 atom stereocenters. The van der Waals surface area contributed by atoms with Crippen LogP contribution in [-0.2, 0) is 30.4 Å². The predicted molar refractivity (Wildman–Crippen MR) is 195 cm³/mol. The van der Waals surface area contributed by atoms with Crippen LogP contribution in [0.3, 0.4) is 0 Å². The molecule has 0 aliphatic rings. The smallest absolute Gasteiger partial charge is 0.327 e. The predicted octanol–water partition coefficient (Wildman–Crippen LogP) is 4.03. The number of nitrogens with one attached hydrogen (secondary N) is 5. The van der Waals surface area contributed by atoms with Crippen molar-refractivity contribution in [1.82, 2.24) is 16.0 Å². The van der Waals surface area contributed by atoms with E-state index in [0.29, 0.717) is 16.9 Å². The molecule has 0 fully saturated rings. The van der Waals surface area contributed by atoms with Crippen molar-refractivity contribution in [3.63, 3.8) is 0 Å². The minimum Gasteiger partial charge on any atom is -0.480 e. The van der Waals surface area contributed by atoms with Crippen molar-refractivity contribution in [2.75, 3.05) is 10.6 Å². The molecule has 280 valence electrons. The fourth-order valence-corrected chi connectivity index (χ4v) is 4.74. The van der Waals surface area contributed by atoms with Crippen LogP contribution in [0.1, 0.15) is 71.4 Å². The first-order valence-electron chi connectivity index (χ1n) is 16.7. The van der Waals surface area contributed by atoms with Gasteiger partial charge in [-0.3, -0.25) is 24.5 Å². The fourth-order valence-electron chi connectivity index (χ4n) is 4.74. The third kappa shape index (κ3) is 16.7. The highest BCUT2D eigenvalue weighted by molar-refractivity contribution is 5.91. The maximum Gasteiger partial charge on any atom is 0.327 e. The number of benzene rings is 2. The Morgan fingerprint density at radius 3 is 1.73 bits per heavy atom. The summed E-state index contributed by atoms with van der Waals surface area (Å²) in [6.07, 6.45) is 0.405. The molecule has 2 aromatic rings. The molecule has 0 aliphatic carbocycles. The number of aryl methyl sites for hydroxylation is 1. The number of hydrogen-bond acceptors (Lipinski definition) is 9. The van der Waals surface area contributed by atoms with Crippen molar-refractivity contribution in [3.05, 3.63) is 81.8 Å². The van der Waals surface area contributed by atoms with E-state index < -0.39 is 52.7 Å². The molecule has 0 aliphatic heterocycles. The van der Waals surface area contributed by atoms with Crippen molar-refractivity contribution in [2.45, 2.75) is 91.8 Å². The van der Waals surface area contributed by atoms with Crippen LogP contribution in [0.5, 0.6) is 0 Å². The highest BCUT2D eigenvalue weighted by Crippen LogP contribution is 2.19. The summed E-state index contributed by atoms with van der Waals surface area (Å²) in [6, 6.07) is 10.1. The van der Waals surface area contributed by atoms with Gasteiger partial charge in [-0.05, 0) is 54.5 Å². The monoisotopic (exact) mass is 720 g/mol. The van der Waals surface area contributed by atoms with Gasteiger partial charge in [-0.15, -0.1) is 11.8 Å². The van der Waals surface area contributed by atoms with E-state index in [0.717, 1.165) is 11.8 Å². The molecule has 0 bridgehead atoms.